The Morgan fingerprint density at radius 3 is 2.88 bits per heavy atom. The molecule has 0 saturated carbocycles. The van der Waals surface area contributed by atoms with E-state index in [1.807, 2.05) is 17.9 Å². The first kappa shape index (κ1) is 12.0. The highest BCUT2D eigenvalue weighted by atomic mass is 32.2. The highest BCUT2D eigenvalue weighted by Crippen LogP contribution is 2.16. The molecule has 0 bridgehead atoms. The summed E-state index contributed by atoms with van der Waals surface area (Å²) in [7, 11) is 2.00. The molecule has 1 aromatic heterocycles. The number of thioether (sulfide) groups is 1. The third-order valence-electron chi connectivity index (χ3n) is 3.39. The minimum absolute atomic E-state index is 0.748. The van der Waals surface area contributed by atoms with Crippen molar-refractivity contribution in [1.82, 2.24) is 15.1 Å². The number of hydrogen-bond acceptors (Lipinski definition) is 3. The van der Waals surface area contributed by atoms with Gasteiger partial charge >= 0.3 is 0 Å². The lowest BCUT2D eigenvalue weighted by atomic mass is 10.1. The third kappa shape index (κ3) is 3.01. The van der Waals surface area contributed by atoms with E-state index < -0.39 is 0 Å². The van der Waals surface area contributed by atoms with E-state index in [1.165, 1.54) is 35.6 Å². The van der Waals surface area contributed by atoms with Crippen LogP contribution in [0.4, 0.5) is 0 Å². The molecule has 0 aliphatic carbocycles. The molecule has 0 spiro atoms. The van der Waals surface area contributed by atoms with Crippen molar-refractivity contribution in [3.05, 3.63) is 17.5 Å². The van der Waals surface area contributed by atoms with Crippen molar-refractivity contribution < 1.29 is 0 Å². The molecule has 0 unspecified atom stereocenters. The molecule has 1 saturated heterocycles. The molecule has 0 aromatic carbocycles. The smallest absolute Gasteiger partial charge is 0.0524 e. The van der Waals surface area contributed by atoms with Gasteiger partial charge in [-0.1, -0.05) is 0 Å². The lowest BCUT2D eigenvalue weighted by Crippen LogP contribution is -2.33. The van der Waals surface area contributed by atoms with Gasteiger partial charge in [-0.15, -0.1) is 0 Å². The Kier molecular flexibility index (Phi) is 4.29. The van der Waals surface area contributed by atoms with E-state index >= 15 is 0 Å². The van der Waals surface area contributed by atoms with Crippen LogP contribution in [0.2, 0.25) is 0 Å². The number of aromatic nitrogens is 2. The Hall–Kier alpha value is -0.480. The van der Waals surface area contributed by atoms with Gasteiger partial charge in [-0.25, -0.2) is 0 Å². The second-order valence-electron chi connectivity index (χ2n) is 4.47. The molecular weight excluding hydrogens is 218 g/mol. The lowest BCUT2D eigenvalue weighted by molar-refractivity contribution is 0.486. The highest BCUT2D eigenvalue weighted by Gasteiger charge is 2.12. The van der Waals surface area contributed by atoms with Gasteiger partial charge in [0.1, 0.15) is 0 Å². The number of nitrogens with zero attached hydrogens (tertiary/aromatic N) is 2. The largest absolute Gasteiger partial charge is 0.314 e. The van der Waals surface area contributed by atoms with Gasteiger partial charge in [0.25, 0.3) is 0 Å². The van der Waals surface area contributed by atoms with Crippen LogP contribution in [-0.2, 0) is 13.5 Å². The minimum Gasteiger partial charge on any atom is -0.314 e. The molecule has 1 aromatic rings. The third-order valence-corrected chi connectivity index (χ3v) is 4.43. The van der Waals surface area contributed by atoms with Gasteiger partial charge in [0, 0.05) is 18.8 Å². The van der Waals surface area contributed by atoms with Gasteiger partial charge in [0.15, 0.2) is 0 Å². The second-order valence-corrected chi connectivity index (χ2v) is 5.69. The first-order chi connectivity index (χ1) is 7.77. The lowest BCUT2D eigenvalue weighted by Gasteiger charge is -2.22. The first-order valence-corrected chi connectivity index (χ1v) is 7.21. The number of rotatable bonds is 4. The predicted molar refractivity (Wildman–Crippen MR) is 70.0 cm³/mol. The molecule has 1 fully saturated rings. The molecule has 1 aliphatic heterocycles. The van der Waals surface area contributed by atoms with Crippen molar-refractivity contribution >= 4 is 11.8 Å². The molecule has 1 aliphatic rings. The minimum atomic E-state index is 0.748. The van der Waals surface area contributed by atoms with Gasteiger partial charge in [-0.2, -0.15) is 16.9 Å². The second kappa shape index (κ2) is 5.73. The Bertz CT molecular complexity index is 329. The molecule has 2 rings (SSSR count). The topological polar surface area (TPSA) is 29.9 Å². The fourth-order valence-corrected chi connectivity index (χ4v) is 3.21. The van der Waals surface area contributed by atoms with Crippen molar-refractivity contribution in [2.24, 2.45) is 7.05 Å². The van der Waals surface area contributed by atoms with Crippen LogP contribution < -0.4 is 5.32 Å². The van der Waals surface area contributed by atoms with Crippen molar-refractivity contribution in [3.63, 3.8) is 0 Å². The van der Waals surface area contributed by atoms with Gasteiger partial charge in [-0.3, -0.25) is 4.68 Å². The molecule has 2 heterocycles. The quantitative estimate of drug-likeness (QED) is 0.868. The molecular formula is C12H21N3S. The van der Waals surface area contributed by atoms with Gasteiger partial charge in [-0.05, 0) is 49.8 Å². The fourth-order valence-electron chi connectivity index (χ4n) is 2.10. The molecule has 3 nitrogen and oxygen atoms in total. The number of nitrogens with one attached hydrogen (secondary N) is 1. The zero-order valence-electron chi connectivity index (χ0n) is 10.2. The molecule has 16 heavy (non-hydrogen) atoms. The normalized spacial score (nSPS) is 17.9. The van der Waals surface area contributed by atoms with Gasteiger partial charge in [0.05, 0.1) is 6.20 Å². The standard InChI is InChI=1S/C12H21N3S/c1-10-11(9-14-15(10)2)3-6-13-12-4-7-16-8-5-12/h9,12-13H,3-8H2,1-2H3. The van der Waals surface area contributed by atoms with Crippen LogP contribution in [-0.4, -0.2) is 33.9 Å². The maximum Gasteiger partial charge on any atom is 0.0524 e. The summed E-state index contributed by atoms with van der Waals surface area (Å²) >= 11 is 2.08. The molecule has 0 radical (unpaired) electrons. The molecule has 1 N–H and O–H groups in total. The van der Waals surface area contributed by atoms with E-state index in [-0.39, 0.29) is 0 Å². The van der Waals surface area contributed by atoms with Crippen LogP contribution in [0.5, 0.6) is 0 Å². The molecule has 0 atom stereocenters. The highest BCUT2D eigenvalue weighted by molar-refractivity contribution is 7.99. The van der Waals surface area contributed by atoms with Crippen LogP contribution in [0.1, 0.15) is 24.1 Å². The van der Waals surface area contributed by atoms with E-state index in [4.69, 9.17) is 0 Å². The van der Waals surface area contributed by atoms with Gasteiger partial charge < -0.3 is 5.32 Å². The summed E-state index contributed by atoms with van der Waals surface area (Å²) in [5.74, 6) is 2.65. The SMILES string of the molecule is Cc1c(CCNC2CCSCC2)cnn1C. The summed E-state index contributed by atoms with van der Waals surface area (Å²) in [5.41, 5.74) is 2.67. The van der Waals surface area contributed by atoms with Crippen LogP contribution in [0.25, 0.3) is 0 Å². The van der Waals surface area contributed by atoms with Crippen molar-refractivity contribution in [1.29, 1.82) is 0 Å². The molecule has 4 heteroatoms. The Morgan fingerprint density at radius 1 is 1.50 bits per heavy atom. The zero-order chi connectivity index (χ0) is 11.4. The molecule has 90 valence electrons. The van der Waals surface area contributed by atoms with Gasteiger partial charge in [0.2, 0.25) is 0 Å². The zero-order valence-corrected chi connectivity index (χ0v) is 11.0. The van der Waals surface area contributed by atoms with E-state index in [1.54, 1.807) is 0 Å². The Labute approximate surface area is 102 Å². The number of aryl methyl sites for hydroxylation is 1. The van der Waals surface area contributed by atoms with E-state index in [2.05, 4.69) is 29.1 Å². The summed E-state index contributed by atoms with van der Waals surface area (Å²) in [5, 5.41) is 7.92. The average Bonchev–Trinajstić information content (AvgIpc) is 2.62. The number of hydrogen-bond donors (Lipinski definition) is 1. The average molecular weight is 239 g/mol. The molecule has 0 amide bonds. The van der Waals surface area contributed by atoms with Crippen molar-refractivity contribution in [2.45, 2.75) is 32.2 Å². The maximum atomic E-state index is 4.27. The maximum absolute atomic E-state index is 4.27. The van der Waals surface area contributed by atoms with Crippen LogP contribution in [0.15, 0.2) is 6.20 Å². The monoisotopic (exact) mass is 239 g/mol. The summed E-state index contributed by atoms with van der Waals surface area (Å²) in [6, 6.07) is 0.748. The van der Waals surface area contributed by atoms with E-state index in [9.17, 15) is 0 Å². The predicted octanol–water partition coefficient (Wildman–Crippen LogP) is 1.76. The summed E-state index contributed by atoms with van der Waals surface area (Å²) in [6.07, 6.45) is 5.75. The Balaban J connectivity index is 1.73. The summed E-state index contributed by atoms with van der Waals surface area (Å²) in [6.45, 7) is 3.22. The van der Waals surface area contributed by atoms with Crippen molar-refractivity contribution in [2.75, 3.05) is 18.1 Å². The summed E-state index contributed by atoms with van der Waals surface area (Å²) in [4.78, 5) is 0. The fraction of sp³-hybridized carbons (Fsp3) is 0.750. The van der Waals surface area contributed by atoms with Crippen LogP contribution in [0, 0.1) is 6.92 Å². The summed E-state index contributed by atoms with van der Waals surface area (Å²) < 4.78 is 1.95. The van der Waals surface area contributed by atoms with E-state index in [0.717, 1.165) is 19.0 Å². The Morgan fingerprint density at radius 2 is 2.25 bits per heavy atom. The van der Waals surface area contributed by atoms with Crippen molar-refractivity contribution in [3.8, 4) is 0 Å². The van der Waals surface area contributed by atoms with Crippen LogP contribution >= 0.6 is 11.8 Å². The first-order valence-electron chi connectivity index (χ1n) is 6.06. The van der Waals surface area contributed by atoms with Crippen LogP contribution in [0.3, 0.4) is 0 Å². The van der Waals surface area contributed by atoms with E-state index in [0.29, 0.717) is 0 Å².